The van der Waals surface area contributed by atoms with Crippen molar-refractivity contribution in [3.8, 4) is 0 Å². The number of carbonyl (C=O) groups is 1. The van der Waals surface area contributed by atoms with E-state index in [-0.39, 0.29) is 16.3 Å². The summed E-state index contributed by atoms with van der Waals surface area (Å²) in [6, 6.07) is 6.27. The summed E-state index contributed by atoms with van der Waals surface area (Å²) in [5, 5.41) is 14.0. The lowest BCUT2D eigenvalue weighted by atomic mass is 10.0. The van der Waals surface area contributed by atoms with Crippen molar-refractivity contribution in [1.29, 1.82) is 0 Å². The zero-order valence-electron chi connectivity index (χ0n) is 12.3. The first-order chi connectivity index (χ1) is 10.2. The predicted octanol–water partition coefficient (Wildman–Crippen LogP) is 3.25. The van der Waals surface area contributed by atoms with Crippen molar-refractivity contribution in [3.05, 3.63) is 35.4 Å². The van der Waals surface area contributed by atoms with E-state index in [1.165, 1.54) is 6.07 Å². The molecule has 0 radical (unpaired) electrons. The van der Waals surface area contributed by atoms with Gasteiger partial charge in [0.1, 0.15) is 0 Å². The second-order valence-corrected chi connectivity index (χ2v) is 5.34. The monoisotopic (exact) mass is 314 g/mol. The summed E-state index contributed by atoms with van der Waals surface area (Å²) in [4.78, 5) is 12.4. The molecule has 0 spiro atoms. The Morgan fingerprint density at radius 1 is 1.41 bits per heavy atom. The lowest BCUT2D eigenvalue weighted by Crippen LogP contribution is -2.56. The number of benzene rings is 1. The second kappa shape index (κ2) is 5.72. The van der Waals surface area contributed by atoms with Gasteiger partial charge in [0.15, 0.2) is 0 Å². The Kier molecular flexibility index (Phi) is 4.28. The van der Waals surface area contributed by atoms with E-state index >= 15 is 0 Å². The van der Waals surface area contributed by atoms with E-state index < -0.39 is 24.2 Å². The quantitative estimate of drug-likeness (QED) is 0.931. The molecule has 7 heteroatoms. The number of alkyl halides is 3. The average molecular weight is 314 g/mol. The molecule has 1 aromatic rings. The SMILES string of the molecule is CCCC1=NN(C(=O)c2ccccc2C)[C@@](O)(C(F)(F)F)C1. The van der Waals surface area contributed by atoms with Crippen LogP contribution in [0.2, 0.25) is 0 Å². The molecule has 4 nitrogen and oxygen atoms in total. The highest BCUT2D eigenvalue weighted by molar-refractivity contribution is 5.99. The molecule has 1 aromatic carbocycles. The number of aliphatic hydroxyl groups is 1. The molecular weight excluding hydrogens is 297 g/mol. The van der Waals surface area contributed by atoms with Crippen molar-refractivity contribution in [2.75, 3.05) is 0 Å². The largest absolute Gasteiger partial charge is 0.438 e. The normalized spacial score (nSPS) is 21.9. The Bertz CT molecular complexity index is 613. The number of nitrogens with zero attached hydrogens (tertiary/aromatic N) is 2. The number of halogens is 3. The standard InChI is InChI=1S/C15H17F3N2O2/c1-3-6-11-9-14(22,15(16,17)18)20(19-11)13(21)12-8-5-4-7-10(12)2/h4-5,7-8,22H,3,6,9H2,1-2H3/t14-/m0/s1. The topological polar surface area (TPSA) is 52.9 Å². The predicted molar refractivity (Wildman–Crippen MR) is 75.3 cm³/mol. The van der Waals surface area contributed by atoms with Crippen LogP contribution in [0.4, 0.5) is 13.2 Å². The van der Waals surface area contributed by atoms with Gasteiger partial charge in [0.25, 0.3) is 11.6 Å². The van der Waals surface area contributed by atoms with Crippen LogP contribution in [-0.4, -0.2) is 33.6 Å². The molecule has 1 amide bonds. The Balaban J connectivity index is 2.44. The van der Waals surface area contributed by atoms with Crippen molar-refractivity contribution in [1.82, 2.24) is 5.01 Å². The van der Waals surface area contributed by atoms with Gasteiger partial charge in [0.2, 0.25) is 0 Å². The van der Waals surface area contributed by atoms with Gasteiger partial charge in [-0.2, -0.15) is 23.3 Å². The van der Waals surface area contributed by atoms with Crippen LogP contribution in [0.3, 0.4) is 0 Å². The number of aryl methyl sites for hydroxylation is 1. The molecule has 2 rings (SSSR count). The fourth-order valence-electron chi connectivity index (χ4n) is 2.41. The highest BCUT2D eigenvalue weighted by atomic mass is 19.4. The van der Waals surface area contributed by atoms with Crippen LogP contribution >= 0.6 is 0 Å². The smallest absolute Gasteiger partial charge is 0.362 e. The molecule has 0 saturated carbocycles. The third-order valence-electron chi connectivity index (χ3n) is 3.60. The summed E-state index contributed by atoms with van der Waals surface area (Å²) in [6.45, 7) is 3.41. The van der Waals surface area contributed by atoms with Crippen LogP contribution in [0.15, 0.2) is 29.4 Å². The van der Waals surface area contributed by atoms with Gasteiger partial charge in [-0.05, 0) is 25.0 Å². The molecule has 1 N–H and O–H groups in total. The lowest BCUT2D eigenvalue weighted by molar-refractivity contribution is -0.297. The van der Waals surface area contributed by atoms with Crippen LogP contribution in [0.1, 0.15) is 42.1 Å². The number of hydrazone groups is 1. The minimum absolute atomic E-state index is 0.0895. The number of hydrogen-bond acceptors (Lipinski definition) is 3. The zero-order valence-corrected chi connectivity index (χ0v) is 12.3. The van der Waals surface area contributed by atoms with Crippen LogP contribution in [0.5, 0.6) is 0 Å². The van der Waals surface area contributed by atoms with E-state index in [1.807, 2.05) is 0 Å². The van der Waals surface area contributed by atoms with Gasteiger partial charge in [-0.25, -0.2) is 0 Å². The van der Waals surface area contributed by atoms with E-state index in [9.17, 15) is 23.1 Å². The van der Waals surface area contributed by atoms with E-state index in [4.69, 9.17) is 0 Å². The number of rotatable bonds is 3. The summed E-state index contributed by atoms with van der Waals surface area (Å²) >= 11 is 0. The maximum Gasteiger partial charge on any atom is 0.438 e. The molecule has 0 unspecified atom stereocenters. The van der Waals surface area contributed by atoms with Gasteiger partial charge in [0.05, 0.1) is 0 Å². The highest BCUT2D eigenvalue weighted by Gasteiger charge is 2.63. The van der Waals surface area contributed by atoms with Gasteiger partial charge >= 0.3 is 6.18 Å². The number of amides is 1. The number of hydrogen-bond donors (Lipinski definition) is 1. The molecule has 0 saturated heterocycles. The summed E-state index contributed by atoms with van der Waals surface area (Å²) in [7, 11) is 0. The Morgan fingerprint density at radius 2 is 2.05 bits per heavy atom. The van der Waals surface area contributed by atoms with Crippen LogP contribution in [0, 0.1) is 6.92 Å². The van der Waals surface area contributed by atoms with Gasteiger partial charge < -0.3 is 5.11 Å². The van der Waals surface area contributed by atoms with Gasteiger partial charge in [-0.15, -0.1) is 0 Å². The molecule has 22 heavy (non-hydrogen) atoms. The maximum atomic E-state index is 13.3. The van der Waals surface area contributed by atoms with Crippen LogP contribution < -0.4 is 0 Å². The molecule has 1 heterocycles. The molecule has 0 aromatic heterocycles. The fraction of sp³-hybridized carbons (Fsp3) is 0.467. The van der Waals surface area contributed by atoms with E-state index in [1.54, 1.807) is 32.0 Å². The van der Waals surface area contributed by atoms with Crippen molar-refractivity contribution in [2.45, 2.75) is 45.0 Å². The van der Waals surface area contributed by atoms with Crippen molar-refractivity contribution < 1.29 is 23.1 Å². The van der Waals surface area contributed by atoms with Gasteiger partial charge in [-0.1, -0.05) is 31.5 Å². The Hall–Kier alpha value is -1.89. The first-order valence-corrected chi connectivity index (χ1v) is 6.96. The molecule has 120 valence electrons. The summed E-state index contributed by atoms with van der Waals surface area (Å²) in [5.74, 6) is -0.955. The van der Waals surface area contributed by atoms with E-state index in [2.05, 4.69) is 5.10 Å². The zero-order chi connectivity index (χ0) is 16.5. The highest BCUT2D eigenvalue weighted by Crippen LogP contribution is 2.41. The number of carbonyl (C=O) groups excluding carboxylic acids is 1. The van der Waals surface area contributed by atoms with Crippen molar-refractivity contribution >= 4 is 11.6 Å². The van der Waals surface area contributed by atoms with Gasteiger partial charge in [0, 0.05) is 17.7 Å². The summed E-state index contributed by atoms with van der Waals surface area (Å²) in [6.07, 6.45) is -4.80. The Labute approximate surface area is 126 Å². The molecule has 1 atom stereocenters. The lowest BCUT2D eigenvalue weighted by Gasteiger charge is -2.32. The molecule has 0 fully saturated rings. The maximum absolute atomic E-state index is 13.3. The third-order valence-corrected chi connectivity index (χ3v) is 3.60. The molecular formula is C15H17F3N2O2. The summed E-state index contributed by atoms with van der Waals surface area (Å²) in [5.41, 5.74) is -2.50. The van der Waals surface area contributed by atoms with E-state index in [0.717, 1.165) is 0 Å². The van der Waals surface area contributed by atoms with E-state index in [0.29, 0.717) is 18.4 Å². The van der Waals surface area contributed by atoms with Crippen LogP contribution in [0.25, 0.3) is 0 Å². The fourth-order valence-corrected chi connectivity index (χ4v) is 2.41. The third kappa shape index (κ3) is 2.72. The molecule has 0 bridgehead atoms. The van der Waals surface area contributed by atoms with Crippen LogP contribution in [-0.2, 0) is 0 Å². The minimum atomic E-state index is -4.98. The molecule has 0 aliphatic carbocycles. The van der Waals surface area contributed by atoms with Gasteiger partial charge in [-0.3, -0.25) is 4.79 Å². The van der Waals surface area contributed by atoms with Crippen molar-refractivity contribution in [2.24, 2.45) is 5.10 Å². The first-order valence-electron chi connectivity index (χ1n) is 6.96. The minimum Gasteiger partial charge on any atom is -0.362 e. The Morgan fingerprint density at radius 3 is 2.59 bits per heavy atom. The second-order valence-electron chi connectivity index (χ2n) is 5.34. The van der Waals surface area contributed by atoms with Crippen molar-refractivity contribution in [3.63, 3.8) is 0 Å². The molecule has 1 aliphatic rings. The first kappa shape index (κ1) is 16.5. The molecule has 1 aliphatic heterocycles. The average Bonchev–Trinajstić information content (AvgIpc) is 2.77. The summed E-state index contributed by atoms with van der Waals surface area (Å²) < 4.78 is 39.8.